The zero-order valence-electron chi connectivity index (χ0n) is 9.85. The fourth-order valence-corrected chi connectivity index (χ4v) is 2.08. The number of hydrogen-bond acceptors (Lipinski definition) is 1. The summed E-state index contributed by atoms with van der Waals surface area (Å²) < 4.78 is 36.4. The topological polar surface area (TPSA) is 3.24 Å². The largest absolute Gasteiger partial charge is 1.00 e. The van der Waals surface area contributed by atoms with Crippen molar-refractivity contribution in [2.75, 3.05) is 13.1 Å². The molecule has 0 spiro atoms. The molecule has 0 unspecified atom stereocenters. The van der Waals surface area contributed by atoms with Gasteiger partial charge in [-0.3, -0.25) is 0 Å². The van der Waals surface area contributed by atoms with Gasteiger partial charge in [0.05, 0.1) is 0 Å². The molecule has 1 nitrogen and oxygen atoms in total. The molecule has 15 heavy (non-hydrogen) atoms. The fourth-order valence-electron chi connectivity index (χ4n) is 2.08. The van der Waals surface area contributed by atoms with E-state index in [9.17, 15) is 12.9 Å². The number of halogens is 3. The van der Waals surface area contributed by atoms with Crippen LogP contribution in [0.2, 0.25) is 6.32 Å². The molecule has 0 aromatic rings. The van der Waals surface area contributed by atoms with Crippen LogP contribution in [0.25, 0.3) is 0 Å². The minimum atomic E-state index is -4.58. The SMILES string of the molecule is CC(C)N1CCC(C[B-](F)(F)F)CC1.[K+]. The Bertz CT molecular complexity index is 179. The minimum Gasteiger partial charge on any atom is -0.449 e. The van der Waals surface area contributed by atoms with E-state index >= 15 is 0 Å². The molecule has 0 aliphatic carbocycles. The average Bonchev–Trinajstić information content (AvgIpc) is 2.02. The van der Waals surface area contributed by atoms with Gasteiger partial charge in [0, 0.05) is 6.04 Å². The van der Waals surface area contributed by atoms with Gasteiger partial charge in [-0.2, -0.15) is 0 Å². The van der Waals surface area contributed by atoms with Crippen LogP contribution in [0.3, 0.4) is 0 Å². The maximum Gasteiger partial charge on any atom is 1.00 e. The summed E-state index contributed by atoms with van der Waals surface area (Å²) in [6.07, 6.45) is 0.880. The third kappa shape index (κ3) is 6.68. The minimum absolute atomic E-state index is 0. The zero-order chi connectivity index (χ0) is 10.8. The van der Waals surface area contributed by atoms with E-state index in [0.29, 0.717) is 18.9 Å². The van der Waals surface area contributed by atoms with Gasteiger partial charge in [0.15, 0.2) is 0 Å². The van der Waals surface area contributed by atoms with Gasteiger partial charge in [-0.05, 0) is 39.8 Å². The van der Waals surface area contributed by atoms with Gasteiger partial charge < -0.3 is 17.8 Å². The molecule has 0 N–H and O–H groups in total. The van der Waals surface area contributed by atoms with E-state index < -0.39 is 13.3 Å². The number of piperidine rings is 1. The molecule has 0 bridgehead atoms. The average molecular weight is 247 g/mol. The van der Waals surface area contributed by atoms with E-state index in [1.54, 1.807) is 0 Å². The van der Waals surface area contributed by atoms with Crippen LogP contribution in [0.4, 0.5) is 12.9 Å². The molecule has 1 heterocycles. The summed E-state index contributed by atoms with van der Waals surface area (Å²) in [5.41, 5.74) is 0. The molecule has 0 aromatic carbocycles. The van der Waals surface area contributed by atoms with Crippen LogP contribution < -0.4 is 51.4 Å². The summed E-state index contributed by atoms with van der Waals surface area (Å²) in [6, 6.07) is 0.465. The molecule has 1 saturated heterocycles. The zero-order valence-corrected chi connectivity index (χ0v) is 13.0. The van der Waals surface area contributed by atoms with Gasteiger partial charge in [-0.25, -0.2) is 0 Å². The molecular formula is C9H18BF3KN. The van der Waals surface area contributed by atoms with Crippen molar-refractivity contribution in [2.24, 2.45) is 5.92 Å². The van der Waals surface area contributed by atoms with E-state index in [1.165, 1.54) is 0 Å². The summed E-state index contributed by atoms with van der Waals surface area (Å²) in [5, 5.41) is 0. The van der Waals surface area contributed by atoms with Gasteiger partial charge >= 0.3 is 58.4 Å². The summed E-state index contributed by atoms with van der Waals surface area (Å²) >= 11 is 0. The predicted molar refractivity (Wildman–Crippen MR) is 53.3 cm³/mol. The molecule has 0 radical (unpaired) electrons. The van der Waals surface area contributed by atoms with Gasteiger partial charge in [0.2, 0.25) is 0 Å². The first-order valence-corrected chi connectivity index (χ1v) is 5.33. The third-order valence-corrected chi connectivity index (χ3v) is 2.98. The molecule has 0 atom stereocenters. The van der Waals surface area contributed by atoms with Crippen LogP contribution in [0.1, 0.15) is 26.7 Å². The Kier molecular flexibility index (Phi) is 7.69. The molecule has 6 heteroatoms. The Hall–Kier alpha value is 1.45. The second kappa shape index (κ2) is 7.01. The molecule has 0 aromatic heterocycles. The number of nitrogens with zero attached hydrogens (tertiary/aromatic N) is 1. The summed E-state index contributed by atoms with van der Waals surface area (Å²) in [7, 11) is 0. The summed E-state index contributed by atoms with van der Waals surface area (Å²) in [4.78, 5) is 2.25. The van der Waals surface area contributed by atoms with Crippen LogP contribution >= 0.6 is 0 Å². The van der Waals surface area contributed by atoms with E-state index in [1.807, 2.05) is 0 Å². The van der Waals surface area contributed by atoms with Crippen molar-refractivity contribution in [1.29, 1.82) is 0 Å². The second-order valence-corrected chi connectivity index (χ2v) is 4.52. The molecule has 1 fully saturated rings. The smallest absolute Gasteiger partial charge is 0.449 e. The second-order valence-electron chi connectivity index (χ2n) is 4.52. The third-order valence-electron chi connectivity index (χ3n) is 2.98. The molecule has 1 aliphatic rings. The fraction of sp³-hybridized carbons (Fsp3) is 1.00. The Morgan fingerprint density at radius 3 is 2.00 bits per heavy atom. The normalized spacial score (nSPS) is 20.4. The van der Waals surface area contributed by atoms with Gasteiger partial charge in [-0.15, -0.1) is 0 Å². The van der Waals surface area contributed by atoms with Crippen molar-refractivity contribution in [2.45, 2.75) is 39.1 Å². The summed E-state index contributed by atoms with van der Waals surface area (Å²) in [5.74, 6) is -0.120. The molecule has 1 rings (SSSR count). The Morgan fingerprint density at radius 1 is 1.20 bits per heavy atom. The molecule has 1 aliphatic heterocycles. The van der Waals surface area contributed by atoms with Gasteiger partial charge in [-0.1, -0.05) is 12.2 Å². The number of likely N-dealkylation sites (tertiary alicyclic amines) is 1. The Balaban J connectivity index is 0.00000196. The van der Waals surface area contributed by atoms with Gasteiger partial charge in [0.25, 0.3) is 0 Å². The van der Waals surface area contributed by atoms with Crippen molar-refractivity contribution in [3.05, 3.63) is 0 Å². The number of hydrogen-bond donors (Lipinski definition) is 0. The number of rotatable bonds is 3. The van der Waals surface area contributed by atoms with Crippen molar-refractivity contribution >= 4 is 6.98 Å². The maximum absolute atomic E-state index is 12.1. The van der Waals surface area contributed by atoms with Crippen LogP contribution in [-0.4, -0.2) is 31.0 Å². The Labute approximate surface area is 133 Å². The van der Waals surface area contributed by atoms with Crippen LogP contribution in [0.15, 0.2) is 0 Å². The molecule has 0 amide bonds. The first kappa shape index (κ1) is 16.5. The predicted octanol–water partition coefficient (Wildman–Crippen LogP) is -0.0418. The first-order chi connectivity index (χ1) is 6.38. The van der Waals surface area contributed by atoms with Crippen molar-refractivity contribution in [1.82, 2.24) is 4.90 Å². The van der Waals surface area contributed by atoms with Crippen molar-refractivity contribution in [3.8, 4) is 0 Å². The first-order valence-electron chi connectivity index (χ1n) is 5.33. The maximum atomic E-state index is 12.1. The van der Waals surface area contributed by atoms with Crippen molar-refractivity contribution in [3.63, 3.8) is 0 Å². The van der Waals surface area contributed by atoms with Crippen LogP contribution in [0.5, 0.6) is 0 Å². The monoisotopic (exact) mass is 247 g/mol. The van der Waals surface area contributed by atoms with E-state index in [4.69, 9.17) is 0 Å². The molecular weight excluding hydrogens is 229 g/mol. The quantitative estimate of drug-likeness (QED) is 0.632. The summed E-state index contributed by atoms with van der Waals surface area (Å²) in [6.45, 7) is 1.26. The molecule has 0 saturated carbocycles. The van der Waals surface area contributed by atoms with Crippen LogP contribution in [-0.2, 0) is 0 Å². The van der Waals surface area contributed by atoms with E-state index in [2.05, 4.69) is 18.7 Å². The van der Waals surface area contributed by atoms with Crippen molar-refractivity contribution < 1.29 is 64.3 Å². The van der Waals surface area contributed by atoms with E-state index in [-0.39, 0.29) is 57.3 Å². The van der Waals surface area contributed by atoms with E-state index in [0.717, 1.165) is 13.1 Å². The van der Waals surface area contributed by atoms with Crippen LogP contribution in [0, 0.1) is 5.92 Å². The van der Waals surface area contributed by atoms with Gasteiger partial charge in [0.1, 0.15) is 0 Å². The Morgan fingerprint density at radius 2 is 1.67 bits per heavy atom. The standard InChI is InChI=1S/C9H18BF3N.K/c1-8(2)14-5-3-9(4-6-14)7-10(11,12)13;/h8-9H,3-7H2,1-2H3;/q-1;+1. The molecule has 84 valence electrons.